The highest BCUT2D eigenvalue weighted by atomic mass is 19.1. The molecule has 124 valence electrons. The van der Waals surface area contributed by atoms with Crippen molar-refractivity contribution in [1.82, 2.24) is 5.32 Å². The van der Waals surface area contributed by atoms with Gasteiger partial charge in [-0.3, -0.25) is 4.79 Å². The van der Waals surface area contributed by atoms with E-state index in [4.69, 9.17) is 9.84 Å². The number of aliphatic hydroxyl groups is 5. The number of carbonyl (C=O) groups is 1. The van der Waals surface area contributed by atoms with Crippen LogP contribution in [0.2, 0.25) is 0 Å². The predicted octanol–water partition coefficient (Wildman–Crippen LogP) is -3.04. The molecule has 1 amide bonds. The molecule has 0 spiro atoms. The van der Waals surface area contributed by atoms with Gasteiger partial charge in [0, 0.05) is 6.92 Å². The third kappa shape index (κ3) is 3.65. The maximum atomic E-state index is 13.8. The summed E-state index contributed by atoms with van der Waals surface area (Å²) in [5, 5.41) is 49.5. The van der Waals surface area contributed by atoms with Crippen LogP contribution in [0.3, 0.4) is 0 Å². The highest BCUT2D eigenvalue weighted by Crippen LogP contribution is 2.33. The lowest BCUT2D eigenvalue weighted by Crippen LogP contribution is -2.71. The van der Waals surface area contributed by atoms with Gasteiger partial charge in [0.15, 0.2) is 6.17 Å². The maximum Gasteiger partial charge on any atom is 0.230 e. The molecule has 1 rings (SSSR count). The van der Waals surface area contributed by atoms with Crippen LogP contribution >= 0.6 is 0 Å². The topological polar surface area (TPSA) is 139 Å². The molecule has 0 aromatic rings. The molecule has 0 aromatic carbocycles. The molecule has 1 saturated heterocycles. The number of hydrogen-bond donors (Lipinski definition) is 6. The van der Waals surface area contributed by atoms with Gasteiger partial charge in [0.25, 0.3) is 0 Å². The van der Waals surface area contributed by atoms with Gasteiger partial charge < -0.3 is 35.6 Å². The molecule has 0 bridgehead atoms. The number of halogens is 2. The van der Waals surface area contributed by atoms with E-state index in [1.807, 2.05) is 0 Å². The second-order valence-electron chi connectivity index (χ2n) is 4.92. The number of alkyl halides is 2. The number of hydrogen-bond acceptors (Lipinski definition) is 7. The lowest BCUT2D eigenvalue weighted by molar-refractivity contribution is -0.333. The van der Waals surface area contributed by atoms with Crippen molar-refractivity contribution < 1.29 is 43.8 Å². The van der Waals surface area contributed by atoms with Crippen LogP contribution in [-0.4, -0.2) is 87.1 Å². The van der Waals surface area contributed by atoms with Gasteiger partial charge in [0.1, 0.15) is 31.1 Å². The lowest BCUT2D eigenvalue weighted by Gasteiger charge is -2.47. The average molecular weight is 315 g/mol. The Bertz CT molecular complexity index is 374. The Morgan fingerprint density at radius 3 is 2.48 bits per heavy atom. The van der Waals surface area contributed by atoms with Gasteiger partial charge in [-0.2, -0.15) is 0 Å². The third-order valence-corrected chi connectivity index (χ3v) is 3.27. The van der Waals surface area contributed by atoms with Crippen LogP contribution in [0.15, 0.2) is 0 Å². The molecule has 0 aromatic heterocycles. The molecule has 21 heavy (non-hydrogen) atoms. The largest absolute Gasteiger partial charge is 0.394 e. The second-order valence-corrected chi connectivity index (χ2v) is 4.92. The highest BCUT2D eigenvalue weighted by Gasteiger charge is 2.57. The summed E-state index contributed by atoms with van der Waals surface area (Å²) >= 11 is 0. The van der Waals surface area contributed by atoms with Crippen molar-refractivity contribution in [3.05, 3.63) is 0 Å². The standard InChI is InChI=1S/C11H19F2NO7/c1-4(16)14-6-8(19)10(13)11(20,3-12)21-9(6)7(18)5(17)2-15/h5-10,15,17-20H,2-3H2,1H3,(H,14,16)/t5-,6-,7-,8-,9-,10?,11-/m1/s1. The summed E-state index contributed by atoms with van der Waals surface area (Å²) in [6.07, 6.45) is -10.1. The fraction of sp³-hybridized carbons (Fsp3) is 0.909. The van der Waals surface area contributed by atoms with Gasteiger partial charge in [-0.15, -0.1) is 0 Å². The van der Waals surface area contributed by atoms with E-state index < -0.39 is 61.6 Å². The number of rotatable bonds is 5. The van der Waals surface area contributed by atoms with Crippen molar-refractivity contribution in [2.24, 2.45) is 0 Å². The van der Waals surface area contributed by atoms with Gasteiger partial charge >= 0.3 is 0 Å². The minimum Gasteiger partial charge on any atom is -0.394 e. The van der Waals surface area contributed by atoms with Crippen LogP contribution in [0.1, 0.15) is 6.92 Å². The predicted molar refractivity (Wildman–Crippen MR) is 63.4 cm³/mol. The zero-order chi connectivity index (χ0) is 16.4. The summed E-state index contributed by atoms with van der Waals surface area (Å²) in [5.74, 6) is -3.74. The molecule has 0 radical (unpaired) electrons. The average Bonchev–Trinajstić information content (AvgIpc) is 2.45. The number of aliphatic hydroxyl groups excluding tert-OH is 4. The first-order valence-electron chi connectivity index (χ1n) is 6.20. The summed E-state index contributed by atoms with van der Waals surface area (Å²) < 4.78 is 31.3. The number of amides is 1. The first-order chi connectivity index (χ1) is 9.67. The molecule has 0 saturated carbocycles. The van der Waals surface area contributed by atoms with Crippen LogP contribution < -0.4 is 5.32 Å². The molecule has 1 heterocycles. The minimum atomic E-state index is -3.03. The molecule has 6 N–H and O–H groups in total. The molecule has 0 aliphatic carbocycles. The zero-order valence-corrected chi connectivity index (χ0v) is 11.2. The Morgan fingerprint density at radius 2 is 2.05 bits per heavy atom. The summed E-state index contributed by atoms with van der Waals surface area (Å²) in [4.78, 5) is 11.1. The summed E-state index contributed by atoms with van der Waals surface area (Å²) in [5.41, 5.74) is 0. The number of ether oxygens (including phenoxy) is 1. The zero-order valence-electron chi connectivity index (χ0n) is 11.2. The van der Waals surface area contributed by atoms with Crippen LogP contribution in [0.4, 0.5) is 8.78 Å². The quantitative estimate of drug-likeness (QED) is 0.317. The number of carbonyl (C=O) groups excluding carboxylic acids is 1. The van der Waals surface area contributed by atoms with Crippen molar-refractivity contribution in [3.63, 3.8) is 0 Å². The fourth-order valence-electron chi connectivity index (χ4n) is 2.13. The Kier molecular flexibility index (Phi) is 5.96. The van der Waals surface area contributed by atoms with E-state index in [-0.39, 0.29) is 0 Å². The first-order valence-corrected chi connectivity index (χ1v) is 6.20. The summed E-state index contributed by atoms with van der Waals surface area (Å²) in [7, 11) is 0. The van der Waals surface area contributed by atoms with Gasteiger partial charge in [-0.25, -0.2) is 8.78 Å². The first kappa shape index (κ1) is 18.1. The molecule has 10 heteroatoms. The monoisotopic (exact) mass is 315 g/mol. The van der Waals surface area contributed by atoms with Gasteiger partial charge in [0.2, 0.25) is 11.7 Å². The Labute approximate surface area is 119 Å². The molecule has 7 atom stereocenters. The maximum absolute atomic E-state index is 13.8. The van der Waals surface area contributed by atoms with Gasteiger partial charge in [0.05, 0.1) is 12.6 Å². The third-order valence-electron chi connectivity index (χ3n) is 3.27. The SMILES string of the molecule is CC(=O)N[C@H]1[C@H]([C@H](O)[C@H](O)CO)O[C@](O)(CF)C(F)[C@@H]1O. The van der Waals surface area contributed by atoms with Crippen molar-refractivity contribution in [1.29, 1.82) is 0 Å². The van der Waals surface area contributed by atoms with E-state index in [9.17, 15) is 34.0 Å². The Morgan fingerprint density at radius 1 is 1.48 bits per heavy atom. The van der Waals surface area contributed by atoms with Crippen molar-refractivity contribution in [2.45, 2.75) is 49.3 Å². The summed E-state index contributed by atoms with van der Waals surface area (Å²) in [6.45, 7) is -1.59. The van der Waals surface area contributed by atoms with E-state index in [0.717, 1.165) is 6.92 Å². The van der Waals surface area contributed by atoms with E-state index in [0.29, 0.717) is 0 Å². The van der Waals surface area contributed by atoms with E-state index in [1.165, 1.54) is 0 Å². The van der Waals surface area contributed by atoms with E-state index in [1.54, 1.807) is 0 Å². The Balaban J connectivity index is 3.09. The van der Waals surface area contributed by atoms with Crippen LogP contribution in [0.5, 0.6) is 0 Å². The van der Waals surface area contributed by atoms with E-state index >= 15 is 0 Å². The van der Waals surface area contributed by atoms with Crippen molar-refractivity contribution >= 4 is 5.91 Å². The van der Waals surface area contributed by atoms with Gasteiger partial charge in [-0.1, -0.05) is 0 Å². The van der Waals surface area contributed by atoms with Crippen molar-refractivity contribution in [3.8, 4) is 0 Å². The molecule has 1 unspecified atom stereocenters. The highest BCUT2D eigenvalue weighted by molar-refractivity contribution is 5.73. The van der Waals surface area contributed by atoms with Crippen LogP contribution in [0.25, 0.3) is 0 Å². The molecular formula is C11H19F2NO7. The van der Waals surface area contributed by atoms with Crippen LogP contribution in [-0.2, 0) is 9.53 Å². The Hall–Kier alpha value is -0.910. The lowest BCUT2D eigenvalue weighted by atomic mass is 9.87. The van der Waals surface area contributed by atoms with Crippen molar-refractivity contribution in [2.75, 3.05) is 13.3 Å². The van der Waals surface area contributed by atoms with E-state index in [2.05, 4.69) is 5.32 Å². The molecule has 1 aliphatic rings. The van der Waals surface area contributed by atoms with Crippen LogP contribution in [0, 0.1) is 0 Å². The van der Waals surface area contributed by atoms with Gasteiger partial charge in [-0.05, 0) is 0 Å². The fourth-order valence-corrected chi connectivity index (χ4v) is 2.13. The normalized spacial score (nSPS) is 39.6. The molecule has 8 nitrogen and oxygen atoms in total. The molecule has 1 aliphatic heterocycles. The molecule has 1 fully saturated rings. The minimum absolute atomic E-state index is 0.712. The smallest absolute Gasteiger partial charge is 0.230 e. The second kappa shape index (κ2) is 6.90. The summed E-state index contributed by atoms with van der Waals surface area (Å²) in [6, 6.07) is -1.56. The molecular weight excluding hydrogens is 296 g/mol. The number of nitrogens with one attached hydrogen (secondary N) is 1.